The molecule has 106 valence electrons. The Morgan fingerprint density at radius 3 is 2.70 bits per heavy atom. The topological polar surface area (TPSA) is 66.4 Å². The second-order valence-corrected chi connectivity index (χ2v) is 4.96. The fourth-order valence-corrected chi connectivity index (χ4v) is 2.06. The molecule has 0 radical (unpaired) electrons. The van der Waals surface area contributed by atoms with Crippen molar-refractivity contribution in [3.8, 4) is 0 Å². The monoisotopic (exact) mass is 277 g/mol. The molecular formula is C15H16FNO3. The Kier molecular flexibility index (Phi) is 4.50. The predicted octanol–water partition coefficient (Wildman–Crippen LogP) is 3.05. The maximum Gasteiger partial charge on any atom is 0.328 e. The number of hydrogen-bond acceptors (Lipinski definition) is 2. The second kappa shape index (κ2) is 6.32. The van der Waals surface area contributed by atoms with E-state index in [4.69, 9.17) is 5.11 Å². The van der Waals surface area contributed by atoms with Gasteiger partial charge >= 0.3 is 5.97 Å². The lowest BCUT2D eigenvalue weighted by Gasteiger charge is -2.24. The first kappa shape index (κ1) is 14.2. The highest BCUT2D eigenvalue weighted by Crippen LogP contribution is 2.29. The second-order valence-electron chi connectivity index (χ2n) is 4.96. The summed E-state index contributed by atoms with van der Waals surface area (Å²) in [5, 5.41) is 11.0. The van der Waals surface area contributed by atoms with Crippen LogP contribution in [0.5, 0.6) is 0 Å². The molecule has 4 nitrogen and oxygen atoms in total. The first-order valence-electron chi connectivity index (χ1n) is 6.55. The molecule has 0 atom stereocenters. The average molecular weight is 277 g/mol. The summed E-state index contributed by atoms with van der Waals surface area (Å²) in [6, 6.07) is 4.19. The molecular weight excluding hydrogens is 261 g/mol. The molecule has 1 aliphatic rings. The molecule has 1 aromatic carbocycles. The van der Waals surface area contributed by atoms with Crippen LogP contribution in [0.25, 0.3) is 6.08 Å². The van der Waals surface area contributed by atoms with Gasteiger partial charge in [0.15, 0.2) is 0 Å². The summed E-state index contributed by atoms with van der Waals surface area (Å²) in [5.41, 5.74) is 0.559. The van der Waals surface area contributed by atoms with Gasteiger partial charge in [0.25, 0.3) is 0 Å². The van der Waals surface area contributed by atoms with Crippen molar-refractivity contribution in [2.45, 2.75) is 25.7 Å². The predicted molar refractivity (Wildman–Crippen MR) is 73.7 cm³/mol. The Bertz CT molecular complexity index is 550. The van der Waals surface area contributed by atoms with Crippen molar-refractivity contribution in [1.82, 2.24) is 0 Å². The van der Waals surface area contributed by atoms with E-state index in [9.17, 15) is 14.0 Å². The highest BCUT2D eigenvalue weighted by Gasteiger charge is 2.21. The van der Waals surface area contributed by atoms with E-state index in [0.717, 1.165) is 25.3 Å². The van der Waals surface area contributed by atoms with Crippen LogP contribution < -0.4 is 5.32 Å². The summed E-state index contributed by atoms with van der Waals surface area (Å²) in [4.78, 5) is 22.1. The zero-order valence-corrected chi connectivity index (χ0v) is 10.9. The Hall–Kier alpha value is -2.17. The Balaban J connectivity index is 1.98. The molecule has 0 aromatic heterocycles. The van der Waals surface area contributed by atoms with E-state index in [1.54, 1.807) is 6.07 Å². The summed E-state index contributed by atoms with van der Waals surface area (Å²) < 4.78 is 13.8. The zero-order valence-electron chi connectivity index (χ0n) is 10.9. The van der Waals surface area contributed by atoms with Crippen molar-refractivity contribution in [3.05, 3.63) is 35.7 Å². The van der Waals surface area contributed by atoms with Crippen LogP contribution in [0.2, 0.25) is 0 Å². The number of nitrogens with one attached hydrogen (secondary N) is 1. The van der Waals surface area contributed by atoms with Crippen LogP contribution in [-0.2, 0) is 9.59 Å². The van der Waals surface area contributed by atoms with E-state index in [1.807, 2.05) is 0 Å². The van der Waals surface area contributed by atoms with Gasteiger partial charge in [-0.15, -0.1) is 0 Å². The van der Waals surface area contributed by atoms with Gasteiger partial charge in [-0.3, -0.25) is 4.79 Å². The molecule has 0 spiro atoms. The van der Waals surface area contributed by atoms with E-state index in [-0.39, 0.29) is 11.6 Å². The number of amides is 1. The van der Waals surface area contributed by atoms with Gasteiger partial charge in [0, 0.05) is 12.5 Å². The molecule has 1 amide bonds. The van der Waals surface area contributed by atoms with Crippen LogP contribution >= 0.6 is 0 Å². The number of rotatable bonds is 5. The highest BCUT2D eigenvalue weighted by atomic mass is 19.1. The molecule has 20 heavy (non-hydrogen) atoms. The number of anilines is 1. The Morgan fingerprint density at radius 1 is 1.40 bits per heavy atom. The van der Waals surface area contributed by atoms with Crippen LogP contribution in [0, 0.1) is 11.7 Å². The normalized spacial score (nSPS) is 15.1. The molecule has 0 heterocycles. The molecule has 2 rings (SSSR count). The van der Waals surface area contributed by atoms with Gasteiger partial charge in [0.1, 0.15) is 5.82 Å². The minimum absolute atomic E-state index is 0.127. The van der Waals surface area contributed by atoms with E-state index in [1.165, 1.54) is 18.2 Å². The lowest BCUT2D eigenvalue weighted by Crippen LogP contribution is -2.21. The summed E-state index contributed by atoms with van der Waals surface area (Å²) in [7, 11) is 0. The lowest BCUT2D eigenvalue weighted by atomic mass is 9.83. The summed E-state index contributed by atoms with van der Waals surface area (Å²) in [6.45, 7) is 0. The molecule has 1 fully saturated rings. The molecule has 5 heteroatoms. The Morgan fingerprint density at radius 2 is 2.15 bits per heavy atom. The molecule has 2 N–H and O–H groups in total. The van der Waals surface area contributed by atoms with Crippen LogP contribution in [0.1, 0.15) is 31.2 Å². The largest absolute Gasteiger partial charge is 0.478 e. The highest BCUT2D eigenvalue weighted by molar-refractivity contribution is 5.91. The SMILES string of the molecule is O=C(O)/C=C/c1ccc(NC(=O)CC2CCC2)c(F)c1. The van der Waals surface area contributed by atoms with Crippen molar-refractivity contribution in [1.29, 1.82) is 0 Å². The molecule has 0 bridgehead atoms. The number of carboxylic acid groups (broad SMARTS) is 1. The van der Waals surface area contributed by atoms with Gasteiger partial charge < -0.3 is 10.4 Å². The molecule has 0 saturated heterocycles. The van der Waals surface area contributed by atoms with E-state index in [0.29, 0.717) is 17.9 Å². The summed E-state index contributed by atoms with van der Waals surface area (Å²) >= 11 is 0. The number of hydrogen-bond donors (Lipinski definition) is 2. The maximum absolute atomic E-state index is 13.8. The first-order chi connectivity index (χ1) is 9.54. The van der Waals surface area contributed by atoms with E-state index < -0.39 is 11.8 Å². The van der Waals surface area contributed by atoms with Gasteiger partial charge in [-0.1, -0.05) is 12.5 Å². The fraction of sp³-hybridized carbons (Fsp3) is 0.333. The van der Waals surface area contributed by atoms with Gasteiger partial charge in [-0.05, 0) is 42.5 Å². The van der Waals surface area contributed by atoms with E-state index >= 15 is 0 Å². The molecule has 1 aromatic rings. The number of benzene rings is 1. The standard InChI is InChI=1S/C15H16FNO3/c16-12-8-11(5-7-15(19)20)4-6-13(12)17-14(18)9-10-2-1-3-10/h4-8,10H,1-3,9H2,(H,17,18)(H,19,20)/b7-5+. The molecule has 0 aliphatic heterocycles. The third-order valence-electron chi connectivity index (χ3n) is 3.38. The van der Waals surface area contributed by atoms with Crippen LogP contribution in [0.3, 0.4) is 0 Å². The van der Waals surface area contributed by atoms with Gasteiger partial charge in [0.2, 0.25) is 5.91 Å². The Labute approximate surface area is 116 Å². The third-order valence-corrected chi connectivity index (χ3v) is 3.38. The van der Waals surface area contributed by atoms with Crippen molar-refractivity contribution < 1.29 is 19.1 Å². The molecule has 1 aliphatic carbocycles. The smallest absolute Gasteiger partial charge is 0.328 e. The van der Waals surface area contributed by atoms with E-state index in [2.05, 4.69) is 5.32 Å². The molecule has 1 saturated carbocycles. The van der Waals surface area contributed by atoms with Crippen molar-refractivity contribution in [2.75, 3.05) is 5.32 Å². The lowest BCUT2D eigenvalue weighted by molar-refractivity contribution is -0.131. The minimum atomic E-state index is -1.09. The van der Waals surface area contributed by atoms with Crippen LogP contribution in [0.15, 0.2) is 24.3 Å². The number of carbonyl (C=O) groups is 2. The van der Waals surface area contributed by atoms with Gasteiger partial charge in [0.05, 0.1) is 5.69 Å². The van der Waals surface area contributed by atoms with Gasteiger partial charge in [-0.25, -0.2) is 9.18 Å². The minimum Gasteiger partial charge on any atom is -0.478 e. The fourth-order valence-electron chi connectivity index (χ4n) is 2.06. The third kappa shape index (κ3) is 3.91. The van der Waals surface area contributed by atoms with Crippen molar-refractivity contribution >= 4 is 23.6 Å². The maximum atomic E-state index is 13.8. The van der Waals surface area contributed by atoms with Crippen molar-refractivity contribution in [2.24, 2.45) is 5.92 Å². The van der Waals surface area contributed by atoms with Crippen LogP contribution in [0.4, 0.5) is 10.1 Å². The van der Waals surface area contributed by atoms with Crippen LogP contribution in [-0.4, -0.2) is 17.0 Å². The summed E-state index contributed by atoms with van der Waals surface area (Å²) in [6.07, 6.45) is 5.95. The zero-order chi connectivity index (χ0) is 14.5. The molecule has 0 unspecified atom stereocenters. The average Bonchev–Trinajstić information content (AvgIpc) is 2.34. The quantitative estimate of drug-likeness (QED) is 0.813. The number of halogens is 1. The first-order valence-corrected chi connectivity index (χ1v) is 6.55. The number of aliphatic carboxylic acids is 1. The number of carboxylic acids is 1. The van der Waals surface area contributed by atoms with Gasteiger partial charge in [-0.2, -0.15) is 0 Å². The number of carbonyl (C=O) groups excluding carboxylic acids is 1. The van der Waals surface area contributed by atoms with Crippen molar-refractivity contribution in [3.63, 3.8) is 0 Å². The summed E-state index contributed by atoms with van der Waals surface area (Å²) in [5.74, 6) is -1.42.